The Kier molecular flexibility index (Phi) is 5.01. The smallest absolute Gasteiger partial charge is 0.307 e. The van der Waals surface area contributed by atoms with Crippen molar-refractivity contribution < 1.29 is 23.1 Å². The highest BCUT2D eigenvalue weighted by atomic mass is 32.2. The number of carboxylic acids is 1. The van der Waals surface area contributed by atoms with Crippen molar-refractivity contribution in [1.82, 2.24) is 4.31 Å². The number of nitrogens with zero attached hydrogens (tertiary/aromatic N) is 1. The van der Waals surface area contributed by atoms with E-state index in [9.17, 15) is 18.3 Å². The Labute approximate surface area is 137 Å². The third-order valence-electron chi connectivity index (χ3n) is 4.18. The molecular formula is C16H23NO5S. The summed E-state index contributed by atoms with van der Waals surface area (Å²) >= 11 is 0. The van der Waals surface area contributed by atoms with Crippen molar-refractivity contribution in [2.24, 2.45) is 11.8 Å². The maximum Gasteiger partial charge on any atom is 0.307 e. The second kappa shape index (κ2) is 6.49. The van der Waals surface area contributed by atoms with Gasteiger partial charge in [-0.15, -0.1) is 0 Å². The molecule has 128 valence electrons. The van der Waals surface area contributed by atoms with E-state index in [1.54, 1.807) is 19.1 Å². The summed E-state index contributed by atoms with van der Waals surface area (Å²) in [4.78, 5) is 11.4. The number of hydrogen-bond acceptors (Lipinski definition) is 4. The minimum absolute atomic E-state index is 0.00151. The summed E-state index contributed by atoms with van der Waals surface area (Å²) in [6.45, 7) is 5.79. The Bertz CT molecular complexity index is 713. The number of piperidine rings is 1. The van der Waals surface area contributed by atoms with Crippen LogP contribution in [-0.4, -0.2) is 44.0 Å². The number of aryl methyl sites for hydroxylation is 2. The van der Waals surface area contributed by atoms with Gasteiger partial charge in [0.05, 0.1) is 13.0 Å². The van der Waals surface area contributed by atoms with Crippen LogP contribution >= 0.6 is 0 Å². The molecule has 0 radical (unpaired) electrons. The van der Waals surface area contributed by atoms with E-state index < -0.39 is 21.9 Å². The topological polar surface area (TPSA) is 83.9 Å². The molecule has 0 amide bonds. The number of carbonyl (C=O) groups is 1. The van der Waals surface area contributed by atoms with Gasteiger partial charge in [0.2, 0.25) is 10.0 Å². The Morgan fingerprint density at radius 2 is 1.96 bits per heavy atom. The van der Waals surface area contributed by atoms with E-state index in [1.165, 1.54) is 11.4 Å². The monoisotopic (exact) mass is 341 g/mol. The fourth-order valence-electron chi connectivity index (χ4n) is 3.20. The molecule has 2 unspecified atom stereocenters. The van der Waals surface area contributed by atoms with Crippen LogP contribution in [0.1, 0.15) is 24.5 Å². The maximum atomic E-state index is 13.1. The summed E-state index contributed by atoms with van der Waals surface area (Å²) < 4.78 is 32.7. The molecule has 1 aliphatic heterocycles. The molecule has 1 heterocycles. The number of sulfonamides is 1. The lowest BCUT2D eigenvalue weighted by atomic mass is 9.92. The molecule has 6 nitrogen and oxygen atoms in total. The van der Waals surface area contributed by atoms with E-state index in [1.807, 2.05) is 13.8 Å². The van der Waals surface area contributed by atoms with Crippen molar-refractivity contribution in [1.29, 1.82) is 0 Å². The molecule has 0 aliphatic carbocycles. The molecule has 0 spiro atoms. The van der Waals surface area contributed by atoms with Crippen LogP contribution in [0.5, 0.6) is 5.75 Å². The van der Waals surface area contributed by atoms with Crippen LogP contribution in [0, 0.1) is 25.7 Å². The van der Waals surface area contributed by atoms with Gasteiger partial charge in [0.25, 0.3) is 0 Å². The average Bonchev–Trinajstić information content (AvgIpc) is 2.45. The van der Waals surface area contributed by atoms with E-state index in [0.717, 1.165) is 5.56 Å². The fraction of sp³-hybridized carbons (Fsp3) is 0.562. The van der Waals surface area contributed by atoms with Gasteiger partial charge in [-0.1, -0.05) is 13.0 Å². The molecule has 0 bridgehead atoms. The van der Waals surface area contributed by atoms with E-state index in [4.69, 9.17) is 4.74 Å². The number of rotatable bonds is 4. The normalized spacial score (nSPS) is 22.8. The van der Waals surface area contributed by atoms with Crippen molar-refractivity contribution >= 4 is 16.0 Å². The summed E-state index contributed by atoms with van der Waals surface area (Å²) in [5.74, 6) is -1.33. The largest absolute Gasteiger partial charge is 0.495 e. The molecular weight excluding hydrogens is 318 g/mol. The molecule has 2 atom stereocenters. The molecule has 7 heteroatoms. The zero-order valence-corrected chi connectivity index (χ0v) is 14.7. The van der Waals surface area contributed by atoms with Gasteiger partial charge in [0.15, 0.2) is 0 Å². The third kappa shape index (κ3) is 3.50. The van der Waals surface area contributed by atoms with E-state index in [-0.39, 0.29) is 17.4 Å². The van der Waals surface area contributed by atoms with Gasteiger partial charge in [-0.2, -0.15) is 4.31 Å². The SMILES string of the molecule is COc1cc(C)cc(C)c1S(=O)(=O)N1CC(C)CC(C(=O)O)C1. The molecule has 1 aromatic carbocycles. The molecule has 2 rings (SSSR count). The number of ether oxygens (including phenoxy) is 1. The molecule has 1 aromatic rings. The van der Waals surface area contributed by atoms with Gasteiger partial charge < -0.3 is 9.84 Å². The lowest BCUT2D eigenvalue weighted by Gasteiger charge is -2.34. The van der Waals surface area contributed by atoms with Crippen LogP contribution in [0.3, 0.4) is 0 Å². The summed E-state index contributed by atoms with van der Waals surface area (Å²) in [5.41, 5.74) is 1.51. The van der Waals surface area contributed by atoms with Crippen LogP contribution in [0.2, 0.25) is 0 Å². The molecule has 23 heavy (non-hydrogen) atoms. The Morgan fingerprint density at radius 1 is 1.30 bits per heavy atom. The zero-order chi connectivity index (χ0) is 17.4. The first-order valence-electron chi connectivity index (χ1n) is 7.55. The molecule has 1 N–H and O–H groups in total. The Morgan fingerprint density at radius 3 is 2.52 bits per heavy atom. The summed E-state index contributed by atoms with van der Waals surface area (Å²) in [6.07, 6.45) is 0.491. The third-order valence-corrected chi connectivity index (χ3v) is 6.20. The van der Waals surface area contributed by atoms with Crippen LogP contribution in [-0.2, 0) is 14.8 Å². The molecule has 1 aliphatic rings. The van der Waals surface area contributed by atoms with Gasteiger partial charge in [0, 0.05) is 13.1 Å². The first-order valence-corrected chi connectivity index (χ1v) is 8.99. The van der Waals surface area contributed by atoms with Crippen molar-refractivity contribution in [3.63, 3.8) is 0 Å². The molecule has 1 saturated heterocycles. The van der Waals surface area contributed by atoms with E-state index in [2.05, 4.69) is 0 Å². The Balaban J connectivity index is 2.48. The van der Waals surface area contributed by atoms with Crippen molar-refractivity contribution in [2.75, 3.05) is 20.2 Å². The minimum atomic E-state index is -3.81. The van der Waals surface area contributed by atoms with Gasteiger partial charge in [0.1, 0.15) is 10.6 Å². The van der Waals surface area contributed by atoms with Crippen molar-refractivity contribution in [3.8, 4) is 5.75 Å². The standard InChI is InChI=1S/C16H23NO5S/c1-10-5-12(3)15(14(7-10)22-4)23(20,21)17-8-11(2)6-13(9-17)16(18)19/h5,7,11,13H,6,8-9H2,1-4H3,(H,18,19). The van der Waals surface area contributed by atoms with Crippen molar-refractivity contribution in [3.05, 3.63) is 23.3 Å². The van der Waals surface area contributed by atoms with Crippen molar-refractivity contribution in [2.45, 2.75) is 32.1 Å². The highest BCUT2D eigenvalue weighted by Crippen LogP contribution is 2.34. The van der Waals surface area contributed by atoms with Gasteiger partial charge in [-0.3, -0.25) is 4.79 Å². The van der Waals surface area contributed by atoms with Gasteiger partial charge in [-0.05, 0) is 43.4 Å². The minimum Gasteiger partial charge on any atom is -0.495 e. The highest BCUT2D eigenvalue weighted by molar-refractivity contribution is 7.89. The quantitative estimate of drug-likeness (QED) is 0.906. The number of hydrogen-bond donors (Lipinski definition) is 1. The van der Waals surface area contributed by atoms with E-state index in [0.29, 0.717) is 24.3 Å². The molecule has 1 fully saturated rings. The lowest BCUT2D eigenvalue weighted by molar-refractivity contribution is -0.143. The van der Waals surface area contributed by atoms with E-state index >= 15 is 0 Å². The summed E-state index contributed by atoms with van der Waals surface area (Å²) in [7, 11) is -2.37. The number of methoxy groups -OCH3 is 1. The van der Waals surface area contributed by atoms with Gasteiger partial charge in [-0.25, -0.2) is 8.42 Å². The summed E-state index contributed by atoms with van der Waals surface area (Å²) in [5, 5.41) is 9.26. The summed E-state index contributed by atoms with van der Waals surface area (Å²) in [6, 6.07) is 3.47. The number of aliphatic carboxylic acids is 1. The molecule has 0 aromatic heterocycles. The van der Waals surface area contributed by atoms with Crippen LogP contribution < -0.4 is 4.74 Å². The predicted molar refractivity (Wildman–Crippen MR) is 86.1 cm³/mol. The average molecular weight is 341 g/mol. The second-order valence-electron chi connectivity index (χ2n) is 6.31. The first kappa shape index (κ1) is 17.7. The predicted octanol–water partition coefficient (Wildman–Crippen LogP) is 2.04. The zero-order valence-electron chi connectivity index (χ0n) is 13.9. The van der Waals surface area contributed by atoms with Crippen LogP contribution in [0.15, 0.2) is 17.0 Å². The number of benzene rings is 1. The lowest BCUT2D eigenvalue weighted by Crippen LogP contribution is -2.45. The Hall–Kier alpha value is -1.60. The highest BCUT2D eigenvalue weighted by Gasteiger charge is 2.38. The number of carboxylic acid groups (broad SMARTS) is 1. The van der Waals surface area contributed by atoms with Crippen LogP contribution in [0.25, 0.3) is 0 Å². The second-order valence-corrected chi connectivity index (χ2v) is 8.19. The van der Waals surface area contributed by atoms with Crippen LogP contribution in [0.4, 0.5) is 0 Å². The maximum absolute atomic E-state index is 13.1. The fourth-order valence-corrected chi connectivity index (χ4v) is 5.15. The van der Waals surface area contributed by atoms with Gasteiger partial charge >= 0.3 is 5.97 Å². The first-order chi connectivity index (χ1) is 10.7. The molecule has 0 saturated carbocycles.